The Balaban J connectivity index is 0. The molecule has 0 amide bonds. The standard InChI is InChI=1S/C13H30N2.2HI/c1-14(2,3)10-6-5-7-11-15(4)12-8-9-13-15;;/h5-13H2,1-4H3;2*1H/q+2;;/p-2. The lowest BCUT2D eigenvalue weighted by Crippen LogP contribution is -3.00. The third kappa shape index (κ3) is 9.90. The average molecular weight is 468 g/mol. The largest absolute Gasteiger partial charge is 1.00 e. The fraction of sp³-hybridized carbons (Fsp3) is 1.00. The van der Waals surface area contributed by atoms with Crippen molar-refractivity contribution in [3.63, 3.8) is 0 Å². The molecule has 0 atom stereocenters. The van der Waals surface area contributed by atoms with Gasteiger partial charge in [-0.15, -0.1) is 0 Å². The highest BCUT2D eigenvalue weighted by atomic mass is 127. The molecule has 1 heterocycles. The molecule has 0 aromatic heterocycles. The summed E-state index contributed by atoms with van der Waals surface area (Å²) in [6.07, 6.45) is 7.15. The van der Waals surface area contributed by atoms with Crippen molar-refractivity contribution in [3.8, 4) is 0 Å². The molecule has 17 heavy (non-hydrogen) atoms. The zero-order valence-corrected chi connectivity index (χ0v) is 16.3. The lowest BCUT2D eigenvalue weighted by Gasteiger charge is -2.29. The van der Waals surface area contributed by atoms with Gasteiger partial charge in [0.25, 0.3) is 0 Å². The van der Waals surface area contributed by atoms with Gasteiger partial charge in [-0.3, -0.25) is 0 Å². The van der Waals surface area contributed by atoms with Crippen LogP contribution in [0.25, 0.3) is 0 Å². The lowest BCUT2D eigenvalue weighted by molar-refractivity contribution is -0.898. The lowest BCUT2D eigenvalue weighted by atomic mass is 10.2. The number of nitrogens with zero attached hydrogens (tertiary/aromatic N) is 2. The Morgan fingerprint density at radius 1 is 0.882 bits per heavy atom. The minimum Gasteiger partial charge on any atom is -1.00 e. The quantitative estimate of drug-likeness (QED) is 0.213. The average Bonchev–Trinajstić information content (AvgIpc) is 2.50. The maximum Gasteiger partial charge on any atom is 0.0786 e. The summed E-state index contributed by atoms with van der Waals surface area (Å²) in [4.78, 5) is 0. The minimum atomic E-state index is 0. The highest BCUT2D eigenvalue weighted by molar-refractivity contribution is 4.52. The van der Waals surface area contributed by atoms with E-state index < -0.39 is 0 Å². The van der Waals surface area contributed by atoms with Crippen LogP contribution in [-0.4, -0.2) is 63.3 Å². The van der Waals surface area contributed by atoms with Crippen LogP contribution in [0.2, 0.25) is 0 Å². The number of likely N-dealkylation sites (tertiary alicyclic amines) is 1. The zero-order chi connectivity index (χ0) is 11.4. The van der Waals surface area contributed by atoms with Crippen LogP contribution < -0.4 is 48.0 Å². The van der Waals surface area contributed by atoms with Crippen molar-refractivity contribution in [1.29, 1.82) is 0 Å². The summed E-state index contributed by atoms with van der Waals surface area (Å²) >= 11 is 0. The van der Waals surface area contributed by atoms with E-state index in [4.69, 9.17) is 0 Å². The van der Waals surface area contributed by atoms with Crippen LogP contribution in [0.3, 0.4) is 0 Å². The Hall–Kier alpha value is 1.38. The van der Waals surface area contributed by atoms with Crippen LogP contribution in [0.1, 0.15) is 32.1 Å². The van der Waals surface area contributed by atoms with E-state index in [1.54, 1.807) is 0 Å². The second kappa shape index (κ2) is 9.31. The Morgan fingerprint density at radius 2 is 1.41 bits per heavy atom. The van der Waals surface area contributed by atoms with Gasteiger partial charge in [-0.2, -0.15) is 0 Å². The van der Waals surface area contributed by atoms with Crippen molar-refractivity contribution < 1.29 is 56.9 Å². The van der Waals surface area contributed by atoms with Gasteiger partial charge in [-0.25, -0.2) is 0 Å². The van der Waals surface area contributed by atoms with Crippen molar-refractivity contribution in [3.05, 3.63) is 0 Å². The third-order valence-corrected chi connectivity index (χ3v) is 3.67. The molecule has 0 aromatic rings. The Bertz CT molecular complexity index is 184. The number of rotatable bonds is 6. The number of halogens is 2. The summed E-state index contributed by atoms with van der Waals surface area (Å²) in [5, 5.41) is 0. The minimum absolute atomic E-state index is 0. The number of quaternary nitrogens is 2. The highest BCUT2D eigenvalue weighted by Gasteiger charge is 2.25. The number of hydrogen-bond donors (Lipinski definition) is 0. The first-order valence-electron chi connectivity index (χ1n) is 6.55. The molecule has 0 spiro atoms. The van der Waals surface area contributed by atoms with Crippen molar-refractivity contribution in [2.24, 2.45) is 0 Å². The molecule has 0 saturated carbocycles. The second-order valence-corrected chi connectivity index (χ2v) is 6.57. The summed E-state index contributed by atoms with van der Waals surface area (Å²) < 4.78 is 2.47. The smallest absolute Gasteiger partial charge is 0.0786 e. The monoisotopic (exact) mass is 468 g/mol. The maximum absolute atomic E-state index is 2.44. The van der Waals surface area contributed by atoms with Gasteiger partial charge in [0.05, 0.1) is 54.4 Å². The molecule has 0 N–H and O–H groups in total. The molecular formula is C13H30I2N2. The molecule has 0 unspecified atom stereocenters. The first-order valence-corrected chi connectivity index (χ1v) is 6.55. The highest BCUT2D eigenvalue weighted by Crippen LogP contribution is 2.17. The fourth-order valence-electron chi connectivity index (χ4n) is 2.58. The van der Waals surface area contributed by atoms with Crippen molar-refractivity contribution >= 4 is 0 Å². The van der Waals surface area contributed by atoms with E-state index >= 15 is 0 Å². The van der Waals surface area contributed by atoms with Gasteiger partial charge >= 0.3 is 0 Å². The van der Waals surface area contributed by atoms with E-state index in [0.29, 0.717) is 0 Å². The van der Waals surface area contributed by atoms with E-state index in [0.717, 1.165) is 4.48 Å². The van der Waals surface area contributed by atoms with E-state index in [-0.39, 0.29) is 48.0 Å². The molecular weight excluding hydrogens is 438 g/mol. The maximum atomic E-state index is 2.44. The molecule has 2 nitrogen and oxygen atoms in total. The fourth-order valence-corrected chi connectivity index (χ4v) is 2.58. The first-order chi connectivity index (χ1) is 6.91. The van der Waals surface area contributed by atoms with E-state index in [2.05, 4.69) is 28.2 Å². The van der Waals surface area contributed by atoms with Crippen LogP contribution in [0.5, 0.6) is 0 Å². The first kappa shape index (κ1) is 20.7. The summed E-state index contributed by atoms with van der Waals surface area (Å²) in [7, 11) is 9.30. The summed E-state index contributed by atoms with van der Waals surface area (Å²) in [6, 6.07) is 0. The molecule has 106 valence electrons. The Kier molecular flexibility index (Phi) is 11.3. The normalized spacial score (nSPS) is 18.4. The summed E-state index contributed by atoms with van der Waals surface area (Å²) in [6.45, 7) is 5.59. The molecule has 0 aliphatic carbocycles. The van der Waals surface area contributed by atoms with Gasteiger partial charge < -0.3 is 56.9 Å². The van der Waals surface area contributed by atoms with Gasteiger partial charge in [-0.1, -0.05) is 0 Å². The predicted octanol–water partition coefficient (Wildman–Crippen LogP) is -3.89. The SMILES string of the molecule is C[N+](C)(C)CCCCC[N+]1(C)CCCC1.[I-].[I-]. The molecule has 0 bridgehead atoms. The second-order valence-electron chi connectivity index (χ2n) is 6.57. The molecule has 1 fully saturated rings. The van der Waals surface area contributed by atoms with Crippen LogP contribution in [0.4, 0.5) is 0 Å². The Labute approximate surface area is 142 Å². The van der Waals surface area contributed by atoms with Crippen LogP contribution >= 0.6 is 0 Å². The van der Waals surface area contributed by atoms with E-state index in [1.807, 2.05) is 0 Å². The summed E-state index contributed by atoms with van der Waals surface area (Å²) in [5.41, 5.74) is 0. The van der Waals surface area contributed by atoms with Gasteiger partial charge in [0.2, 0.25) is 0 Å². The molecule has 4 heteroatoms. The van der Waals surface area contributed by atoms with Gasteiger partial charge in [0.1, 0.15) is 0 Å². The number of hydrogen-bond acceptors (Lipinski definition) is 0. The van der Waals surface area contributed by atoms with Gasteiger partial charge in [0.15, 0.2) is 0 Å². The van der Waals surface area contributed by atoms with Crippen LogP contribution in [0, 0.1) is 0 Å². The molecule has 1 rings (SSSR count). The molecule has 1 aliphatic rings. The third-order valence-electron chi connectivity index (χ3n) is 3.67. The zero-order valence-electron chi connectivity index (χ0n) is 12.0. The Morgan fingerprint density at radius 3 is 1.88 bits per heavy atom. The molecule has 0 aromatic carbocycles. The van der Waals surface area contributed by atoms with Crippen molar-refractivity contribution in [1.82, 2.24) is 0 Å². The summed E-state index contributed by atoms with van der Waals surface area (Å²) in [5.74, 6) is 0. The van der Waals surface area contributed by atoms with Crippen molar-refractivity contribution in [2.75, 3.05) is 54.4 Å². The van der Waals surface area contributed by atoms with Crippen LogP contribution in [-0.2, 0) is 0 Å². The van der Waals surface area contributed by atoms with Gasteiger partial charge in [-0.05, 0) is 19.3 Å². The predicted molar refractivity (Wildman–Crippen MR) is 66.8 cm³/mol. The molecule has 0 radical (unpaired) electrons. The van der Waals surface area contributed by atoms with E-state index in [9.17, 15) is 0 Å². The molecule has 1 saturated heterocycles. The van der Waals surface area contributed by atoms with E-state index in [1.165, 1.54) is 62.8 Å². The topological polar surface area (TPSA) is 0 Å². The molecule has 1 aliphatic heterocycles. The van der Waals surface area contributed by atoms with Crippen LogP contribution in [0.15, 0.2) is 0 Å². The van der Waals surface area contributed by atoms with Crippen molar-refractivity contribution in [2.45, 2.75) is 32.1 Å². The number of unbranched alkanes of at least 4 members (excludes halogenated alkanes) is 2. The van der Waals surface area contributed by atoms with Gasteiger partial charge in [0, 0.05) is 12.8 Å².